The second-order valence-electron chi connectivity index (χ2n) is 7.38. The third-order valence-corrected chi connectivity index (χ3v) is 3.79. The number of nitrogens with one attached hydrogen (secondary N) is 3. The summed E-state index contributed by atoms with van der Waals surface area (Å²) >= 11 is 0. The van der Waals surface area contributed by atoms with Gasteiger partial charge in [-0.1, -0.05) is 24.3 Å². The first-order chi connectivity index (χ1) is 11.9. The Morgan fingerprint density at radius 2 is 1.96 bits per heavy atom. The Bertz CT molecular complexity index is 635. The first kappa shape index (κ1) is 19.0. The number of hydrogen-bond acceptors (Lipinski definition) is 2. The quantitative estimate of drug-likeness (QED) is 0.438. The van der Waals surface area contributed by atoms with Crippen LogP contribution in [0, 0.1) is 0 Å². The van der Waals surface area contributed by atoms with E-state index < -0.39 is 0 Å². The summed E-state index contributed by atoms with van der Waals surface area (Å²) in [5, 5.41) is 9.72. The van der Waals surface area contributed by atoms with Gasteiger partial charge in [-0.15, -0.1) is 0 Å². The van der Waals surface area contributed by atoms with Crippen LogP contribution in [0.2, 0.25) is 0 Å². The molecule has 0 spiro atoms. The van der Waals surface area contributed by atoms with E-state index in [1.165, 1.54) is 0 Å². The van der Waals surface area contributed by atoms with Gasteiger partial charge in [0.15, 0.2) is 5.96 Å². The highest BCUT2D eigenvalue weighted by Gasteiger charge is 2.15. The van der Waals surface area contributed by atoms with Gasteiger partial charge in [-0.2, -0.15) is 0 Å². The summed E-state index contributed by atoms with van der Waals surface area (Å²) in [6, 6.07) is 8.07. The zero-order chi connectivity index (χ0) is 18.3. The van der Waals surface area contributed by atoms with Crippen molar-refractivity contribution in [3.05, 3.63) is 47.5 Å². The zero-order valence-corrected chi connectivity index (χ0v) is 15.7. The minimum absolute atomic E-state index is 0.0552. The molecule has 2 rings (SSSR count). The number of amides is 1. The lowest BCUT2D eigenvalue weighted by atomic mass is 10.1. The first-order valence-electron chi connectivity index (χ1n) is 8.98. The van der Waals surface area contributed by atoms with Crippen molar-refractivity contribution in [2.24, 2.45) is 4.99 Å². The molecular weight excluding hydrogens is 312 g/mol. The molecule has 25 heavy (non-hydrogen) atoms. The van der Waals surface area contributed by atoms with Crippen LogP contribution in [0.4, 0.5) is 0 Å². The summed E-state index contributed by atoms with van der Waals surface area (Å²) in [6.07, 6.45) is 6.46. The third-order valence-electron chi connectivity index (χ3n) is 3.79. The van der Waals surface area contributed by atoms with Crippen LogP contribution in [-0.2, 0) is 6.54 Å². The lowest BCUT2D eigenvalue weighted by molar-refractivity contribution is 0.0919. The fourth-order valence-corrected chi connectivity index (χ4v) is 2.64. The summed E-state index contributed by atoms with van der Waals surface area (Å²) in [7, 11) is 0. The van der Waals surface area contributed by atoms with E-state index in [4.69, 9.17) is 0 Å². The maximum absolute atomic E-state index is 12.3. The van der Waals surface area contributed by atoms with Crippen molar-refractivity contribution in [1.82, 2.24) is 16.0 Å². The summed E-state index contributed by atoms with van der Waals surface area (Å²) in [6.45, 7) is 9.34. The van der Waals surface area contributed by atoms with Gasteiger partial charge in [-0.25, -0.2) is 4.99 Å². The molecule has 1 aliphatic rings. The van der Waals surface area contributed by atoms with Crippen LogP contribution in [0.25, 0.3) is 0 Å². The SMILES string of the molecule is CCNC(=NCc1cccc(C(=O)NC(C)(C)C)c1)NC1CC=CC1. The number of aliphatic imine (C=N–C) groups is 1. The second kappa shape index (κ2) is 8.70. The number of guanidine groups is 1. The van der Waals surface area contributed by atoms with E-state index in [1.54, 1.807) is 0 Å². The van der Waals surface area contributed by atoms with Gasteiger partial charge >= 0.3 is 0 Å². The molecular formula is C20H30N4O. The maximum Gasteiger partial charge on any atom is 0.251 e. The van der Waals surface area contributed by atoms with Crippen LogP contribution < -0.4 is 16.0 Å². The average Bonchev–Trinajstić information content (AvgIpc) is 3.04. The zero-order valence-electron chi connectivity index (χ0n) is 15.7. The van der Waals surface area contributed by atoms with Crippen molar-refractivity contribution >= 4 is 11.9 Å². The first-order valence-corrected chi connectivity index (χ1v) is 8.98. The fraction of sp³-hybridized carbons (Fsp3) is 0.500. The molecule has 0 atom stereocenters. The van der Waals surface area contributed by atoms with Crippen LogP contribution in [0.15, 0.2) is 41.4 Å². The number of rotatable bonds is 5. The normalized spacial score (nSPS) is 15.3. The number of benzene rings is 1. The Morgan fingerprint density at radius 3 is 2.60 bits per heavy atom. The van der Waals surface area contributed by atoms with E-state index >= 15 is 0 Å². The monoisotopic (exact) mass is 342 g/mol. The lowest BCUT2D eigenvalue weighted by Gasteiger charge is -2.20. The lowest BCUT2D eigenvalue weighted by Crippen LogP contribution is -2.42. The van der Waals surface area contributed by atoms with Crippen LogP contribution in [0.5, 0.6) is 0 Å². The van der Waals surface area contributed by atoms with Crippen molar-refractivity contribution in [2.75, 3.05) is 6.54 Å². The number of carbonyl (C=O) groups is 1. The highest BCUT2D eigenvalue weighted by Crippen LogP contribution is 2.11. The van der Waals surface area contributed by atoms with Gasteiger partial charge in [-0.3, -0.25) is 4.79 Å². The van der Waals surface area contributed by atoms with E-state index in [0.717, 1.165) is 30.9 Å². The van der Waals surface area contributed by atoms with E-state index in [0.29, 0.717) is 18.2 Å². The Morgan fingerprint density at radius 1 is 1.24 bits per heavy atom. The molecule has 1 aliphatic carbocycles. The van der Waals surface area contributed by atoms with E-state index in [9.17, 15) is 4.79 Å². The van der Waals surface area contributed by atoms with Crippen molar-refractivity contribution in [1.29, 1.82) is 0 Å². The molecule has 1 amide bonds. The van der Waals surface area contributed by atoms with E-state index in [2.05, 4.69) is 40.0 Å². The molecule has 0 saturated heterocycles. The molecule has 0 heterocycles. The standard InChI is InChI=1S/C20H30N4O/c1-5-21-19(23-17-11-6-7-12-17)22-14-15-9-8-10-16(13-15)18(25)24-20(2,3)4/h6-10,13,17H,5,11-12,14H2,1-4H3,(H,24,25)(H2,21,22,23). The highest BCUT2D eigenvalue weighted by molar-refractivity contribution is 5.94. The minimum Gasteiger partial charge on any atom is -0.357 e. The predicted molar refractivity (Wildman–Crippen MR) is 104 cm³/mol. The molecule has 3 N–H and O–H groups in total. The van der Waals surface area contributed by atoms with Gasteiger partial charge in [0, 0.05) is 23.7 Å². The molecule has 1 aromatic carbocycles. The summed E-state index contributed by atoms with van der Waals surface area (Å²) in [5.74, 6) is 0.765. The van der Waals surface area contributed by atoms with Crippen LogP contribution in [-0.4, -0.2) is 30.0 Å². The molecule has 0 aromatic heterocycles. The number of hydrogen-bond donors (Lipinski definition) is 3. The van der Waals surface area contributed by atoms with Crippen molar-refractivity contribution in [3.8, 4) is 0 Å². The van der Waals surface area contributed by atoms with Crippen LogP contribution >= 0.6 is 0 Å². The Kier molecular flexibility index (Phi) is 6.62. The third kappa shape index (κ3) is 6.61. The van der Waals surface area contributed by atoms with Crippen molar-refractivity contribution < 1.29 is 4.79 Å². The molecule has 5 heteroatoms. The maximum atomic E-state index is 12.3. The molecule has 136 valence electrons. The molecule has 5 nitrogen and oxygen atoms in total. The van der Waals surface area contributed by atoms with Crippen LogP contribution in [0.1, 0.15) is 56.5 Å². The second-order valence-corrected chi connectivity index (χ2v) is 7.38. The molecule has 0 fully saturated rings. The molecule has 0 aliphatic heterocycles. The van der Waals surface area contributed by atoms with Crippen molar-refractivity contribution in [3.63, 3.8) is 0 Å². The van der Waals surface area contributed by atoms with Gasteiger partial charge in [-0.05, 0) is 58.2 Å². The van der Waals surface area contributed by atoms with Crippen LogP contribution in [0.3, 0.4) is 0 Å². The Labute approximate surface area is 151 Å². The highest BCUT2D eigenvalue weighted by atomic mass is 16.1. The van der Waals surface area contributed by atoms with Crippen molar-refractivity contribution in [2.45, 2.75) is 58.7 Å². The summed E-state index contributed by atoms with van der Waals surface area (Å²) in [4.78, 5) is 17.0. The van der Waals surface area contributed by atoms with Gasteiger partial charge in [0.1, 0.15) is 0 Å². The predicted octanol–water partition coefficient (Wildman–Crippen LogP) is 2.99. The average molecular weight is 342 g/mol. The van der Waals surface area contributed by atoms with E-state index in [-0.39, 0.29) is 11.4 Å². The molecule has 1 aromatic rings. The Balaban J connectivity index is 2.02. The number of carbonyl (C=O) groups excluding carboxylic acids is 1. The smallest absolute Gasteiger partial charge is 0.251 e. The Hall–Kier alpha value is -2.30. The fourth-order valence-electron chi connectivity index (χ4n) is 2.64. The summed E-state index contributed by atoms with van der Waals surface area (Å²) in [5.41, 5.74) is 1.44. The van der Waals surface area contributed by atoms with Gasteiger partial charge in [0.25, 0.3) is 5.91 Å². The molecule has 0 bridgehead atoms. The molecule has 0 unspecified atom stereocenters. The van der Waals surface area contributed by atoms with Gasteiger partial charge in [0.05, 0.1) is 6.54 Å². The van der Waals surface area contributed by atoms with Gasteiger partial charge in [0.2, 0.25) is 0 Å². The van der Waals surface area contributed by atoms with E-state index in [1.807, 2.05) is 45.0 Å². The molecule has 0 radical (unpaired) electrons. The topological polar surface area (TPSA) is 65.5 Å². The van der Waals surface area contributed by atoms with Gasteiger partial charge < -0.3 is 16.0 Å². The number of nitrogens with zero attached hydrogens (tertiary/aromatic N) is 1. The molecule has 0 saturated carbocycles. The minimum atomic E-state index is -0.247. The summed E-state index contributed by atoms with van der Waals surface area (Å²) < 4.78 is 0. The largest absolute Gasteiger partial charge is 0.357 e.